The zero-order chi connectivity index (χ0) is 15.0. The summed E-state index contributed by atoms with van der Waals surface area (Å²) in [5.41, 5.74) is 0.536. The van der Waals surface area contributed by atoms with Crippen molar-refractivity contribution in [3.05, 3.63) is 41.3 Å². The second-order valence-corrected chi connectivity index (χ2v) is 9.47. The first-order valence-corrected chi connectivity index (χ1v) is 10.2. The van der Waals surface area contributed by atoms with Crippen LogP contribution in [-0.4, -0.2) is 24.9 Å². The van der Waals surface area contributed by atoms with Gasteiger partial charge in [0.05, 0.1) is 21.4 Å². The summed E-state index contributed by atoms with van der Waals surface area (Å²) in [6.45, 7) is 2.26. The molecule has 0 radical (unpaired) electrons. The Kier molecular flexibility index (Phi) is 3.90. The Labute approximate surface area is 130 Å². The van der Waals surface area contributed by atoms with Gasteiger partial charge in [-0.15, -0.1) is 11.3 Å². The average Bonchev–Trinajstić information content (AvgIpc) is 2.97. The van der Waals surface area contributed by atoms with Gasteiger partial charge in [-0.1, -0.05) is 19.1 Å². The second-order valence-electron chi connectivity index (χ2n) is 4.67. The summed E-state index contributed by atoms with van der Waals surface area (Å²) in [4.78, 5) is 1.64. The highest BCUT2D eigenvalue weighted by molar-refractivity contribution is 7.95. The van der Waals surface area contributed by atoms with E-state index in [4.69, 9.17) is 0 Å². The molecule has 1 atom stereocenters. The molecule has 0 bridgehead atoms. The van der Waals surface area contributed by atoms with Crippen molar-refractivity contribution in [1.82, 2.24) is 0 Å². The van der Waals surface area contributed by atoms with Gasteiger partial charge < -0.3 is 0 Å². The van der Waals surface area contributed by atoms with Gasteiger partial charge in [-0.3, -0.25) is 8.51 Å². The maximum Gasteiger partial charge on any atom is 0.273 e. The van der Waals surface area contributed by atoms with Gasteiger partial charge in [0.1, 0.15) is 4.21 Å². The molecule has 112 valence electrons. The monoisotopic (exact) mass is 341 g/mol. The van der Waals surface area contributed by atoms with Gasteiger partial charge in [0, 0.05) is 17.2 Å². The quantitative estimate of drug-likeness (QED) is 0.862. The van der Waals surface area contributed by atoms with E-state index in [9.17, 15) is 12.6 Å². The Morgan fingerprint density at radius 1 is 1.24 bits per heavy atom. The lowest BCUT2D eigenvalue weighted by Gasteiger charge is -2.29. The van der Waals surface area contributed by atoms with Crippen LogP contribution in [0.3, 0.4) is 0 Å². The molecule has 0 N–H and O–H groups in total. The minimum absolute atomic E-state index is 0.255. The predicted molar refractivity (Wildman–Crippen MR) is 85.9 cm³/mol. The number of hydrogen-bond acceptors (Lipinski definition) is 4. The number of para-hydroxylation sites is 1. The molecule has 2 aromatic rings. The molecule has 0 fully saturated rings. The van der Waals surface area contributed by atoms with Gasteiger partial charge in [0.25, 0.3) is 10.0 Å². The van der Waals surface area contributed by atoms with Gasteiger partial charge in [-0.2, -0.15) is 0 Å². The Hall–Kier alpha value is -1.18. The predicted octanol–water partition coefficient (Wildman–Crippen LogP) is 2.63. The van der Waals surface area contributed by atoms with Crippen molar-refractivity contribution in [2.45, 2.75) is 22.4 Å². The zero-order valence-electron chi connectivity index (χ0n) is 11.5. The lowest BCUT2D eigenvalue weighted by atomic mass is 10.3. The minimum Gasteiger partial charge on any atom is -0.264 e. The SMILES string of the molecule is CCc1ccc(S(=O)(=O)N2CCS(=O)c3ccccc32)s1. The van der Waals surface area contributed by atoms with Crippen LogP contribution in [0.4, 0.5) is 5.69 Å². The number of anilines is 1. The fraction of sp³-hybridized carbons (Fsp3) is 0.286. The Balaban J connectivity index is 2.08. The summed E-state index contributed by atoms with van der Waals surface area (Å²) < 4.78 is 39.4. The average molecular weight is 341 g/mol. The number of rotatable bonds is 3. The van der Waals surface area contributed by atoms with Crippen LogP contribution in [0, 0.1) is 0 Å². The first-order chi connectivity index (χ1) is 10.0. The van der Waals surface area contributed by atoms with Crippen molar-refractivity contribution in [3.8, 4) is 0 Å². The Morgan fingerprint density at radius 3 is 2.71 bits per heavy atom. The van der Waals surface area contributed by atoms with Crippen LogP contribution in [0.2, 0.25) is 0 Å². The highest BCUT2D eigenvalue weighted by Crippen LogP contribution is 2.34. The zero-order valence-corrected chi connectivity index (χ0v) is 13.9. The summed E-state index contributed by atoms with van der Waals surface area (Å²) in [6, 6.07) is 10.5. The van der Waals surface area contributed by atoms with Gasteiger partial charge in [-0.25, -0.2) is 8.42 Å². The molecule has 1 aromatic carbocycles. The standard InChI is InChI=1S/C14H15NO3S3/c1-2-11-7-8-14(19-11)21(17,18)15-9-10-20(16)13-6-4-3-5-12(13)15/h3-8H,2,9-10H2,1H3. The highest BCUT2D eigenvalue weighted by Gasteiger charge is 2.32. The third-order valence-corrected chi connectivity index (χ3v) is 8.29. The van der Waals surface area contributed by atoms with Crippen LogP contribution in [0.5, 0.6) is 0 Å². The van der Waals surface area contributed by atoms with Crippen molar-refractivity contribution in [2.24, 2.45) is 0 Å². The van der Waals surface area contributed by atoms with Crippen molar-refractivity contribution in [3.63, 3.8) is 0 Å². The molecule has 1 aromatic heterocycles. The molecule has 4 nitrogen and oxygen atoms in total. The van der Waals surface area contributed by atoms with Gasteiger partial charge in [0.15, 0.2) is 0 Å². The first kappa shape index (κ1) is 14.7. The molecule has 0 saturated heterocycles. The first-order valence-electron chi connectivity index (χ1n) is 6.63. The van der Waals surface area contributed by atoms with E-state index in [1.807, 2.05) is 13.0 Å². The maximum atomic E-state index is 12.8. The van der Waals surface area contributed by atoms with E-state index < -0.39 is 20.8 Å². The molecule has 0 amide bonds. The van der Waals surface area contributed by atoms with Crippen LogP contribution >= 0.6 is 11.3 Å². The molecule has 0 aliphatic carbocycles. The molecule has 3 rings (SSSR count). The molecule has 0 saturated carbocycles. The lowest BCUT2D eigenvalue weighted by Crippen LogP contribution is -2.37. The minimum atomic E-state index is -3.57. The highest BCUT2D eigenvalue weighted by atomic mass is 32.2. The van der Waals surface area contributed by atoms with Crippen molar-refractivity contribution in [1.29, 1.82) is 0 Å². The van der Waals surface area contributed by atoms with E-state index in [1.54, 1.807) is 30.3 Å². The van der Waals surface area contributed by atoms with E-state index >= 15 is 0 Å². The van der Waals surface area contributed by atoms with Crippen LogP contribution in [0.25, 0.3) is 0 Å². The number of fused-ring (bicyclic) bond motifs is 1. The van der Waals surface area contributed by atoms with E-state index in [-0.39, 0.29) is 6.54 Å². The largest absolute Gasteiger partial charge is 0.273 e. The number of thiophene rings is 1. The third kappa shape index (κ3) is 2.54. The number of hydrogen-bond donors (Lipinski definition) is 0. The van der Waals surface area contributed by atoms with E-state index in [0.717, 1.165) is 11.3 Å². The van der Waals surface area contributed by atoms with Crippen LogP contribution in [-0.2, 0) is 27.2 Å². The lowest BCUT2D eigenvalue weighted by molar-refractivity contribution is 0.593. The van der Waals surface area contributed by atoms with Crippen LogP contribution in [0.1, 0.15) is 11.8 Å². The maximum absolute atomic E-state index is 12.8. The second kappa shape index (κ2) is 5.55. The number of sulfonamides is 1. The van der Waals surface area contributed by atoms with Crippen molar-refractivity contribution in [2.75, 3.05) is 16.6 Å². The third-order valence-electron chi connectivity index (χ3n) is 3.39. The van der Waals surface area contributed by atoms with Crippen LogP contribution in [0.15, 0.2) is 45.5 Å². The smallest absolute Gasteiger partial charge is 0.264 e. The molecule has 0 spiro atoms. The fourth-order valence-electron chi connectivity index (χ4n) is 2.30. The summed E-state index contributed by atoms with van der Waals surface area (Å²) in [5, 5.41) is 0. The normalized spacial score (nSPS) is 18.5. The van der Waals surface area contributed by atoms with E-state index in [0.29, 0.717) is 20.5 Å². The Morgan fingerprint density at radius 2 is 2.00 bits per heavy atom. The van der Waals surface area contributed by atoms with Crippen molar-refractivity contribution >= 4 is 37.8 Å². The molecular weight excluding hydrogens is 326 g/mol. The molecule has 2 heterocycles. The van der Waals surface area contributed by atoms with Gasteiger partial charge >= 0.3 is 0 Å². The number of benzene rings is 1. The summed E-state index contributed by atoms with van der Waals surface area (Å²) in [7, 11) is -4.70. The van der Waals surface area contributed by atoms with E-state index in [2.05, 4.69) is 0 Å². The fourth-order valence-corrected chi connectivity index (χ4v) is 6.57. The summed E-state index contributed by atoms with van der Waals surface area (Å²) in [6.07, 6.45) is 0.820. The van der Waals surface area contributed by atoms with Gasteiger partial charge in [-0.05, 0) is 30.7 Å². The summed E-state index contributed by atoms with van der Waals surface area (Å²) in [5.74, 6) is 0.336. The van der Waals surface area contributed by atoms with E-state index in [1.165, 1.54) is 15.6 Å². The molecule has 1 aliphatic heterocycles. The Bertz CT molecular complexity index is 795. The van der Waals surface area contributed by atoms with Crippen molar-refractivity contribution < 1.29 is 12.6 Å². The number of nitrogens with zero attached hydrogens (tertiary/aromatic N) is 1. The molecule has 1 unspecified atom stereocenters. The summed E-state index contributed by atoms with van der Waals surface area (Å²) >= 11 is 1.30. The van der Waals surface area contributed by atoms with Crippen LogP contribution < -0.4 is 4.31 Å². The molecule has 21 heavy (non-hydrogen) atoms. The number of aryl methyl sites for hydroxylation is 1. The molecular formula is C14H15NO3S3. The molecule has 7 heteroatoms. The molecule has 1 aliphatic rings. The van der Waals surface area contributed by atoms with Gasteiger partial charge in [0.2, 0.25) is 0 Å². The topological polar surface area (TPSA) is 54.5 Å².